The number of rotatable bonds is 8. The minimum absolute atomic E-state index is 0.0880. The van der Waals surface area contributed by atoms with Gasteiger partial charge in [0, 0.05) is 51.6 Å². The Kier molecular flexibility index (Phi) is 8.49. The molecule has 1 fully saturated rings. The van der Waals surface area contributed by atoms with Crippen LogP contribution in [-0.2, 0) is 17.9 Å². The summed E-state index contributed by atoms with van der Waals surface area (Å²) in [6.45, 7) is 2.61. The zero-order valence-electron chi connectivity index (χ0n) is 18.8. The van der Waals surface area contributed by atoms with Crippen LogP contribution in [0.5, 0.6) is 5.88 Å². The molecule has 0 spiro atoms. The fourth-order valence-electron chi connectivity index (χ4n) is 3.98. The van der Waals surface area contributed by atoms with Crippen LogP contribution >= 0.6 is 27.5 Å². The number of nitrogens with zero attached hydrogens (tertiary/aromatic N) is 3. The summed E-state index contributed by atoms with van der Waals surface area (Å²) in [4.78, 5) is 22.2. The Bertz CT molecular complexity index is 1230. The molecule has 0 radical (unpaired) electrons. The maximum absolute atomic E-state index is 14.0. The topological polar surface area (TPSA) is 75.5 Å². The first-order chi connectivity index (χ1) is 16.9. The van der Waals surface area contributed by atoms with Gasteiger partial charge in [0.25, 0.3) is 0 Å². The summed E-state index contributed by atoms with van der Waals surface area (Å²) in [5.74, 6) is -0.588. The highest BCUT2D eigenvalue weighted by Crippen LogP contribution is 2.29. The lowest BCUT2D eigenvalue weighted by molar-refractivity contribution is -0.131. The third-order valence-electron chi connectivity index (χ3n) is 5.87. The van der Waals surface area contributed by atoms with E-state index in [0.717, 1.165) is 53.4 Å². The standard InChI is InChI=1S/C26H24BrClFN3O3/c27-21-12-17(4-7-26(33)34)14-30-24(21)15-32-10-8-18(9-11-32)23-2-1-3-25(31-23)35-16-19-5-6-20(28)13-22(19)29/h1-7,12-14,18H,8-11,15-16H2,(H,33,34). The van der Waals surface area contributed by atoms with E-state index in [0.29, 0.717) is 28.9 Å². The second-order valence-corrected chi connectivity index (χ2v) is 9.64. The molecule has 182 valence electrons. The average Bonchev–Trinajstić information content (AvgIpc) is 2.84. The monoisotopic (exact) mass is 559 g/mol. The highest BCUT2D eigenvalue weighted by molar-refractivity contribution is 9.10. The minimum Gasteiger partial charge on any atom is -0.478 e. The molecule has 35 heavy (non-hydrogen) atoms. The van der Waals surface area contributed by atoms with E-state index < -0.39 is 11.8 Å². The molecule has 2 aromatic heterocycles. The Hall–Kier alpha value is -2.81. The Morgan fingerprint density at radius 2 is 2.06 bits per heavy atom. The van der Waals surface area contributed by atoms with Crippen LogP contribution in [-0.4, -0.2) is 39.0 Å². The Morgan fingerprint density at radius 1 is 1.26 bits per heavy atom. The van der Waals surface area contributed by atoms with Crippen molar-refractivity contribution in [3.05, 3.63) is 92.6 Å². The predicted octanol–water partition coefficient (Wildman–Crippen LogP) is 6.09. The molecule has 3 aromatic rings. The van der Waals surface area contributed by atoms with Crippen molar-refractivity contribution in [2.45, 2.75) is 31.9 Å². The normalized spacial score (nSPS) is 14.9. The molecule has 1 aromatic carbocycles. The molecule has 9 heteroatoms. The summed E-state index contributed by atoms with van der Waals surface area (Å²) < 4.78 is 20.6. The average molecular weight is 561 g/mol. The fourth-order valence-corrected chi connectivity index (χ4v) is 4.63. The van der Waals surface area contributed by atoms with Crippen molar-refractivity contribution >= 4 is 39.6 Å². The van der Waals surface area contributed by atoms with Gasteiger partial charge in [0.1, 0.15) is 12.4 Å². The quantitative estimate of drug-likeness (QED) is 0.336. The molecule has 0 unspecified atom stereocenters. The molecule has 4 rings (SSSR count). The van der Waals surface area contributed by atoms with Crippen LogP contribution in [0.2, 0.25) is 5.02 Å². The van der Waals surface area contributed by atoms with Crippen molar-refractivity contribution in [3.8, 4) is 5.88 Å². The first kappa shape index (κ1) is 25.3. The molecular weight excluding hydrogens is 537 g/mol. The predicted molar refractivity (Wildman–Crippen MR) is 136 cm³/mol. The third kappa shape index (κ3) is 7.10. The van der Waals surface area contributed by atoms with E-state index >= 15 is 0 Å². The zero-order chi connectivity index (χ0) is 24.8. The van der Waals surface area contributed by atoms with Gasteiger partial charge in [-0.2, -0.15) is 0 Å². The SMILES string of the molecule is O=C(O)C=Cc1cnc(CN2CCC(c3cccc(OCc4ccc(Cl)cc4F)n3)CC2)c(Br)c1. The smallest absolute Gasteiger partial charge is 0.328 e. The highest BCUT2D eigenvalue weighted by atomic mass is 79.9. The van der Waals surface area contributed by atoms with Crippen LogP contribution in [0.1, 0.15) is 41.3 Å². The number of aromatic nitrogens is 2. The highest BCUT2D eigenvalue weighted by Gasteiger charge is 2.23. The second-order valence-electron chi connectivity index (χ2n) is 8.34. The van der Waals surface area contributed by atoms with E-state index in [-0.39, 0.29) is 6.61 Å². The summed E-state index contributed by atoms with van der Waals surface area (Å²) >= 11 is 9.36. The minimum atomic E-state index is -0.991. The van der Waals surface area contributed by atoms with Gasteiger partial charge in [-0.15, -0.1) is 0 Å². The Morgan fingerprint density at radius 3 is 2.77 bits per heavy atom. The first-order valence-corrected chi connectivity index (χ1v) is 12.4. The summed E-state index contributed by atoms with van der Waals surface area (Å²) in [6.07, 6.45) is 6.21. The number of carboxylic acid groups (broad SMARTS) is 1. The number of aliphatic carboxylic acids is 1. The van der Waals surface area contributed by atoms with Crippen LogP contribution in [0, 0.1) is 5.82 Å². The van der Waals surface area contributed by atoms with Crippen molar-refractivity contribution in [1.29, 1.82) is 0 Å². The molecule has 0 saturated carbocycles. The number of piperidine rings is 1. The number of ether oxygens (including phenoxy) is 1. The van der Waals surface area contributed by atoms with E-state index in [9.17, 15) is 9.18 Å². The van der Waals surface area contributed by atoms with Gasteiger partial charge >= 0.3 is 5.97 Å². The Balaban J connectivity index is 1.31. The largest absolute Gasteiger partial charge is 0.478 e. The van der Waals surface area contributed by atoms with Gasteiger partial charge in [0.2, 0.25) is 5.88 Å². The molecule has 1 aliphatic heterocycles. The van der Waals surface area contributed by atoms with Crippen molar-refractivity contribution in [3.63, 3.8) is 0 Å². The number of carbonyl (C=O) groups is 1. The van der Waals surface area contributed by atoms with Gasteiger partial charge in [-0.05, 0) is 77.8 Å². The third-order valence-corrected chi connectivity index (χ3v) is 6.79. The number of hydrogen-bond donors (Lipinski definition) is 1. The number of carboxylic acids is 1. The summed E-state index contributed by atoms with van der Waals surface area (Å²) in [7, 11) is 0. The van der Waals surface area contributed by atoms with E-state index in [4.69, 9.17) is 21.4 Å². The van der Waals surface area contributed by atoms with Crippen LogP contribution in [0.4, 0.5) is 4.39 Å². The van der Waals surface area contributed by atoms with Crippen molar-refractivity contribution in [2.75, 3.05) is 13.1 Å². The lowest BCUT2D eigenvalue weighted by Gasteiger charge is -2.31. The molecule has 0 amide bonds. The lowest BCUT2D eigenvalue weighted by atomic mass is 9.93. The first-order valence-electron chi connectivity index (χ1n) is 11.2. The fraction of sp³-hybridized carbons (Fsp3) is 0.269. The molecule has 1 aliphatic rings. The summed E-state index contributed by atoms with van der Waals surface area (Å²) in [5, 5.41) is 9.12. The van der Waals surface area contributed by atoms with Crippen LogP contribution in [0.3, 0.4) is 0 Å². The lowest BCUT2D eigenvalue weighted by Crippen LogP contribution is -2.33. The van der Waals surface area contributed by atoms with Crippen LogP contribution in [0.25, 0.3) is 6.08 Å². The van der Waals surface area contributed by atoms with E-state index in [1.54, 1.807) is 24.4 Å². The maximum atomic E-state index is 14.0. The number of likely N-dealkylation sites (tertiary alicyclic amines) is 1. The van der Waals surface area contributed by atoms with Crippen molar-refractivity contribution < 1.29 is 19.0 Å². The van der Waals surface area contributed by atoms with E-state index in [2.05, 4.69) is 30.8 Å². The second kappa shape index (κ2) is 11.7. The number of hydrogen-bond acceptors (Lipinski definition) is 5. The number of pyridine rings is 2. The number of benzene rings is 1. The van der Waals surface area contributed by atoms with Gasteiger partial charge in [-0.25, -0.2) is 14.2 Å². The molecule has 0 aliphatic carbocycles. The molecule has 0 bridgehead atoms. The van der Waals surface area contributed by atoms with Crippen LogP contribution in [0.15, 0.2) is 59.2 Å². The Labute approximate surface area is 216 Å². The zero-order valence-corrected chi connectivity index (χ0v) is 21.2. The molecule has 3 heterocycles. The molecule has 1 saturated heterocycles. The maximum Gasteiger partial charge on any atom is 0.328 e. The van der Waals surface area contributed by atoms with Gasteiger partial charge in [0.15, 0.2) is 0 Å². The van der Waals surface area contributed by atoms with Gasteiger partial charge < -0.3 is 9.84 Å². The molecule has 1 N–H and O–H groups in total. The van der Waals surface area contributed by atoms with Crippen molar-refractivity contribution in [1.82, 2.24) is 14.9 Å². The molecular formula is C26H24BrClFN3O3. The molecule has 0 atom stereocenters. The van der Waals surface area contributed by atoms with Gasteiger partial charge in [-0.1, -0.05) is 23.7 Å². The van der Waals surface area contributed by atoms with E-state index in [1.165, 1.54) is 12.1 Å². The molecule has 6 nitrogen and oxygen atoms in total. The number of halogens is 3. The van der Waals surface area contributed by atoms with Gasteiger partial charge in [0.05, 0.1) is 5.69 Å². The van der Waals surface area contributed by atoms with E-state index in [1.807, 2.05) is 18.2 Å². The summed E-state index contributed by atoms with van der Waals surface area (Å²) in [6, 6.07) is 12.1. The van der Waals surface area contributed by atoms with Gasteiger partial charge in [-0.3, -0.25) is 9.88 Å². The summed E-state index contributed by atoms with van der Waals surface area (Å²) in [5.41, 5.74) is 3.06. The van der Waals surface area contributed by atoms with Crippen molar-refractivity contribution in [2.24, 2.45) is 0 Å². The van der Waals surface area contributed by atoms with Crippen LogP contribution < -0.4 is 4.74 Å².